The van der Waals surface area contributed by atoms with Gasteiger partial charge in [0.2, 0.25) is 0 Å². The van der Waals surface area contributed by atoms with Crippen molar-refractivity contribution in [2.75, 3.05) is 30.8 Å². The maximum Gasteiger partial charge on any atom is 0.416 e. The molecule has 2 aliphatic carbocycles. The number of alkyl halides is 3. The molecule has 40 heavy (non-hydrogen) atoms. The van der Waals surface area contributed by atoms with Crippen molar-refractivity contribution in [2.45, 2.75) is 31.9 Å². The first kappa shape index (κ1) is 27.5. The van der Waals surface area contributed by atoms with E-state index in [1.54, 1.807) is 24.3 Å². The highest BCUT2D eigenvalue weighted by Crippen LogP contribution is 2.41. The van der Waals surface area contributed by atoms with Crippen molar-refractivity contribution in [1.29, 1.82) is 0 Å². The van der Waals surface area contributed by atoms with Crippen molar-refractivity contribution >= 4 is 40.4 Å². The van der Waals surface area contributed by atoms with Gasteiger partial charge in [-0.15, -0.1) is 0 Å². The molecule has 2 saturated carbocycles. The number of hydrogen-bond donors (Lipinski definition) is 4. The van der Waals surface area contributed by atoms with Crippen LogP contribution in [-0.4, -0.2) is 42.3 Å². The molecule has 0 radical (unpaired) electrons. The molecule has 2 fully saturated rings. The van der Waals surface area contributed by atoms with Gasteiger partial charge in [-0.1, -0.05) is 12.1 Å². The second-order valence-electron chi connectivity index (χ2n) is 11.0. The summed E-state index contributed by atoms with van der Waals surface area (Å²) < 4.78 is 41.5. The smallest absolute Gasteiger partial charge is 0.416 e. The normalized spacial score (nSPS) is 15.5. The van der Waals surface area contributed by atoms with Gasteiger partial charge in [0.05, 0.1) is 59.6 Å². The summed E-state index contributed by atoms with van der Waals surface area (Å²) in [5.41, 5.74) is 0.242. The summed E-state index contributed by atoms with van der Waals surface area (Å²) in [5.74, 6) is -1.18. The Hall–Kier alpha value is -4.05. The highest BCUT2D eigenvalue weighted by molar-refractivity contribution is 5.98. The molecule has 4 N–H and O–H groups in total. The van der Waals surface area contributed by atoms with Gasteiger partial charge in [0.1, 0.15) is 5.69 Å². The molecular weight excluding hydrogens is 523 g/mol. The molecule has 0 bridgehead atoms. The van der Waals surface area contributed by atoms with Crippen LogP contribution in [0.15, 0.2) is 60.7 Å². The molecule has 3 aromatic rings. The zero-order chi connectivity index (χ0) is 28.7. The van der Waals surface area contributed by atoms with E-state index >= 15 is 0 Å². The summed E-state index contributed by atoms with van der Waals surface area (Å²) in [6, 6.07) is 14.1. The summed E-state index contributed by atoms with van der Waals surface area (Å²) in [6.07, 6.45) is 0.0272. The first-order chi connectivity index (χ1) is 18.9. The standard InChI is InChI=1S/C30H30F3N3O4/c1-36(16-18-6-7-18,17-19-8-9-19)21-11-13-25(23(15-21)29(39)40)35-27-14-20(30(31,32)33)10-12-26(27)34-24-5-3-2-4-22(24)28(37)38/h2-5,10-15,18-19,34-35H,6-9,16-17H2,1H3,(H-,37,38,39,40)/p+1. The van der Waals surface area contributed by atoms with Crippen LogP contribution in [0.4, 0.5) is 41.6 Å². The molecule has 0 aliphatic heterocycles. The highest BCUT2D eigenvalue weighted by atomic mass is 19.4. The van der Waals surface area contributed by atoms with E-state index in [-0.39, 0.29) is 33.9 Å². The minimum absolute atomic E-state index is 0.0431. The van der Waals surface area contributed by atoms with Gasteiger partial charge < -0.3 is 20.8 Å². The molecule has 3 aromatic carbocycles. The van der Waals surface area contributed by atoms with Crippen LogP contribution in [0.2, 0.25) is 0 Å². The van der Waals surface area contributed by atoms with Crippen molar-refractivity contribution in [2.24, 2.45) is 11.8 Å². The fraction of sp³-hybridized carbons (Fsp3) is 0.333. The fourth-order valence-electron chi connectivity index (χ4n) is 5.18. The number of nitrogens with zero attached hydrogens (tertiary/aromatic N) is 1. The monoisotopic (exact) mass is 554 g/mol. The molecule has 210 valence electrons. The fourth-order valence-corrected chi connectivity index (χ4v) is 5.18. The second kappa shape index (κ2) is 10.5. The summed E-state index contributed by atoms with van der Waals surface area (Å²) >= 11 is 0. The Balaban J connectivity index is 1.53. The van der Waals surface area contributed by atoms with Crippen LogP contribution in [0.5, 0.6) is 0 Å². The van der Waals surface area contributed by atoms with Crippen LogP contribution in [0.1, 0.15) is 52.0 Å². The molecule has 0 saturated heterocycles. The van der Waals surface area contributed by atoms with Gasteiger partial charge in [0.25, 0.3) is 0 Å². The molecule has 0 unspecified atom stereocenters. The van der Waals surface area contributed by atoms with E-state index in [1.807, 2.05) is 6.07 Å². The number of hydrogen-bond acceptors (Lipinski definition) is 4. The molecule has 0 spiro atoms. The molecule has 5 rings (SSSR count). The summed E-state index contributed by atoms with van der Waals surface area (Å²) in [4.78, 5) is 24.1. The lowest BCUT2D eigenvalue weighted by Gasteiger charge is -2.35. The maximum atomic E-state index is 13.6. The number of rotatable bonds is 11. The first-order valence-electron chi connectivity index (χ1n) is 13.2. The minimum Gasteiger partial charge on any atom is -0.478 e. The average Bonchev–Trinajstić information content (AvgIpc) is 3.83. The largest absolute Gasteiger partial charge is 0.478 e. The number of carboxylic acids is 2. The quantitative estimate of drug-likeness (QED) is 0.185. The lowest BCUT2D eigenvalue weighted by Crippen LogP contribution is -2.48. The zero-order valence-corrected chi connectivity index (χ0v) is 22.0. The molecule has 0 amide bonds. The Bertz CT molecular complexity index is 1430. The number of nitrogens with one attached hydrogen (secondary N) is 2. The topological polar surface area (TPSA) is 98.7 Å². The lowest BCUT2D eigenvalue weighted by molar-refractivity contribution is -0.137. The number of aromatic carboxylic acids is 2. The third kappa shape index (κ3) is 6.22. The number of benzene rings is 3. The van der Waals surface area contributed by atoms with Gasteiger partial charge in [0, 0.05) is 24.0 Å². The number of carbonyl (C=O) groups is 2. The lowest BCUT2D eigenvalue weighted by atomic mass is 10.1. The van der Waals surface area contributed by atoms with Crippen molar-refractivity contribution in [3.63, 3.8) is 0 Å². The Labute approximate surface area is 229 Å². The van der Waals surface area contributed by atoms with Crippen LogP contribution in [-0.2, 0) is 6.18 Å². The van der Waals surface area contributed by atoms with Crippen LogP contribution in [0, 0.1) is 11.8 Å². The number of anilines is 4. The average molecular weight is 555 g/mol. The minimum atomic E-state index is -4.64. The van der Waals surface area contributed by atoms with Gasteiger partial charge in [-0.2, -0.15) is 13.2 Å². The summed E-state index contributed by atoms with van der Waals surface area (Å²) in [6.45, 7) is 1.85. The molecule has 0 atom stereocenters. The predicted octanol–water partition coefficient (Wildman–Crippen LogP) is 7.35. The SMILES string of the molecule is C[N+](CC1CC1)(CC1CC1)c1ccc(Nc2cc(C(F)(F)F)ccc2Nc2ccccc2C(=O)O)c(C(=O)O)c1. The summed E-state index contributed by atoms with van der Waals surface area (Å²) in [7, 11) is 2.12. The number of halogens is 3. The van der Waals surface area contributed by atoms with Gasteiger partial charge in [-0.3, -0.25) is 4.48 Å². The number of quaternary nitrogens is 1. The third-order valence-corrected chi connectivity index (χ3v) is 7.62. The Morgan fingerprint density at radius 1 is 0.775 bits per heavy atom. The van der Waals surface area contributed by atoms with Crippen LogP contribution >= 0.6 is 0 Å². The van der Waals surface area contributed by atoms with Crippen molar-refractivity contribution < 1.29 is 33.0 Å². The second-order valence-corrected chi connectivity index (χ2v) is 11.0. The molecular formula is C30H31F3N3O4+. The van der Waals surface area contributed by atoms with E-state index in [4.69, 9.17) is 0 Å². The number of carboxylic acid groups (broad SMARTS) is 2. The van der Waals surface area contributed by atoms with E-state index in [0.29, 0.717) is 16.3 Å². The van der Waals surface area contributed by atoms with Crippen molar-refractivity contribution in [3.05, 3.63) is 77.4 Å². The van der Waals surface area contributed by atoms with E-state index in [2.05, 4.69) is 17.7 Å². The molecule has 2 aliphatic rings. The van der Waals surface area contributed by atoms with Gasteiger partial charge in [-0.05, 0) is 62.1 Å². The van der Waals surface area contributed by atoms with E-state index in [1.165, 1.54) is 43.9 Å². The van der Waals surface area contributed by atoms with Crippen molar-refractivity contribution in [3.8, 4) is 0 Å². The molecule has 0 aromatic heterocycles. The predicted molar refractivity (Wildman–Crippen MR) is 148 cm³/mol. The van der Waals surface area contributed by atoms with Gasteiger partial charge in [0.15, 0.2) is 0 Å². The Morgan fingerprint density at radius 2 is 1.32 bits per heavy atom. The Kier molecular flexibility index (Phi) is 7.22. The van der Waals surface area contributed by atoms with E-state index < -0.39 is 23.7 Å². The van der Waals surface area contributed by atoms with Crippen LogP contribution in [0.25, 0.3) is 0 Å². The molecule has 0 heterocycles. The maximum absolute atomic E-state index is 13.6. The van der Waals surface area contributed by atoms with Crippen LogP contribution in [0.3, 0.4) is 0 Å². The molecule has 10 heteroatoms. The highest BCUT2D eigenvalue weighted by Gasteiger charge is 2.40. The van der Waals surface area contributed by atoms with Gasteiger partial charge >= 0.3 is 18.1 Å². The Morgan fingerprint density at radius 3 is 1.90 bits per heavy atom. The zero-order valence-electron chi connectivity index (χ0n) is 22.0. The molecule has 7 nitrogen and oxygen atoms in total. The number of para-hydroxylation sites is 1. The van der Waals surface area contributed by atoms with E-state index in [0.717, 1.165) is 30.9 Å². The van der Waals surface area contributed by atoms with E-state index in [9.17, 15) is 33.0 Å². The van der Waals surface area contributed by atoms with Crippen LogP contribution < -0.4 is 15.1 Å². The summed E-state index contributed by atoms with van der Waals surface area (Å²) in [5, 5.41) is 25.4. The van der Waals surface area contributed by atoms with Gasteiger partial charge in [-0.25, -0.2) is 9.59 Å². The third-order valence-electron chi connectivity index (χ3n) is 7.62. The first-order valence-corrected chi connectivity index (χ1v) is 13.2. The van der Waals surface area contributed by atoms with Crippen molar-refractivity contribution in [1.82, 2.24) is 4.48 Å².